The molecule has 6 rings (SSSR count). The molecule has 3 fully saturated rings. The van der Waals surface area contributed by atoms with Crippen LogP contribution >= 0.6 is 0 Å². The monoisotopic (exact) mass is 666 g/mol. The topological polar surface area (TPSA) is 120 Å². The van der Waals surface area contributed by atoms with Crippen LogP contribution in [0.3, 0.4) is 0 Å². The molecule has 46 heavy (non-hydrogen) atoms. The molecule has 0 saturated carbocycles. The van der Waals surface area contributed by atoms with Gasteiger partial charge in [0.15, 0.2) is 0 Å². The number of hydrogen-bond donors (Lipinski definition) is 2. The van der Waals surface area contributed by atoms with Gasteiger partial charge in [0.05, 0.1) is 18.0 Å². The summed E-state index contributed by atoms with van der Waals surface area (Å²) < 4.78 is 84.1. The fourth-order valence-corrected chi connectivity index (χ4v) is 7.55. The SMILES string of the molecule is Cc1nc(-c2nc(NC3CCN(S(C)(=O)=O)CC3)ncc2C(F)(F)F)cn1-c1ccc(N2CCC(N3CCC(O)C3)CC2)cc1F. The normalized spacial score (nSPS) is 21.3. The Morgan fingerprint density at radius 2 is 1.72 bits per heavy atom. The van der Waals surface area contributed by atoms with Gasteiger partial charge in [-0.05, 0) is 57.2 Å². The van der Waals surface area contributed by atoms with Crippen LogP contribution in [0.25, 0.3) is 17.1 Å². The third-order valence-electron chi connectivity index (χ3n) is 9.21. The first-order valence-electron chi connectivity index (χ1n) is 15.5. The van der Waals surface area contributed by atoms with Crippen molar-refractivity contribution in [2.24, 2.45) is 0 Å². The number of piperidine rings is 2. The number of aliphatic hydroxyl groups excluding tert-OH is 1. The maximum atomic E-state index is 15.6. The molecule has 250 valence electrons. The van der Waals surface area contributed by atoms with Crippen molar-refractivity contribution in [3.8, 4) is 17.1 Å². The van der Waals surface area contributed by atoms with Crippen LogP contribution in [0.5, 0.6) is 0 Å². The quantitative estimate of drug-likeness (QED) is 0.364. The molecule has 1 unspecified atom stereocenters. The van der Waals surface area contributed by atoms with Crippen LogP contribution < -0.4 is 10.2 Å². The molecule has 3 aliphatic heterocycles. The van der Waals surface area contributed by atoms with E-state index in [1.54, 1.807) is 19.1 Å². The fourth-order valence-electron chi connectivity index (χ4n) is 6.68. The average Bonchev–Trinajstić information content (AvgIpc) is 3.62. The number of benzene rings is 1. The number of sulfonamides is 1. The number of aromatic nitrogens is 4. The largest absolute Gasteiger partial charge is 0.420 e. The van der Waals surface area contributed by atoms with Crippen LogP contribution in [-0.4, -0.2) is 106 Å². The number of anilines is 2. The van der Waals surface area contributed by atoms with Crippen molar-refractivity contribution in [3.63, 3.8) is 0 Å². The van der Waals surface area contributed by atoms with E-state index in [9.17, 15) is 26.7 Å². The van der Waals surface area contributed by atoms with Crippen LogP contribution in [-0.2, 0) is 16.2 Å². The number of aryl methyl sites for hydroxylation is 1. The molecule has 1 aromatic carbocycles. The highest BCUT2D eigenvalue weighted by molar-refractivity contribution is 7.88. The predicted molar refractivity (Wildman–Crippen MR) is 165 cm³/mol. The first kappa shape index (κ1) is 32.6. The first-order valence-corrected chi connectivity index (χ1v) is 17.3. The number of hydrogen-bond acceptors (Lipinski definition) is 9. The van der Waals surface area contributed by atoms with Crippen LogP contribution in [0, 0.1) is 12.7 Å². The minimum Gasteiger partial charge on any atom is -0.392 e. The first-order chi connectivity index (χ1) is 21.8. The number of nitrogens with one attached hydrogen (secondary N) is 1. The third kappa shape index (κ3) is 6.99. The predicted octanol–water partition coefficient (Wildman–Crippen LogP) is 3.67. The molecule has 11 nitrogen and oxygen atoms in total. The second-order valence-corrected chi connectivity index (χ2v) is 14.4. The van der Waals surface area contributed by atoms with Gasteiger partial charge in [0.25, 0.3) is 0 Å². The maximum absolute atomic E-state index is 15.6. The van der Waals surface area contributed by atoms with Crippen LogP contribution in [0.1, 0.15) is 43.5 Å². The molecule has 3 aliphatic rings. The minimum absolute atomic E-state index is 0.0341. The van der Waals surface area contributed by atoms with Crippen molar-refractivity contribution in [1.82, 2.24) is 28.7 Å². The smallest absolute Gasteiger partial charge is 0.392 e. The number of halogens is 4. The number of imidazole rings is 1. The molecular weight excluding hydrogens is 628 g/mol. The third-order valence-corrected chi connectivity index (χ3v) is 10.5. The summed E-state index contributed by atoms with van der Waals surface area (Å²) in [6.07, 6.45) is 1.66. The number of alkyl halides is 3. The van der Waals surface area contributed by atoms with Gasteiger partial charge in [-0.25, -0.2) is 32.1 Å². The Hall–Kier alpha value is -3.34. The Balaban J connectivity index is 1.20. The Bertz CT molecular complexity index is 1670. The fraction of sp³-hybridized carbons (Fsp3) is 0.567. The van der Waals surface area contributed by atoms with E-state index in [1.807, 2.05) is 0 Å². The van der Waals surface area contributed by atoms with Gasteiger partial charge in [-0.3, -0.25) is 4.90 Å². The lowest BCUT2D eigenvalue weighted by Gasteiger charge is -2.37. The summed E-state index contributed by atoms with van der Waals surface area (Å²) >= 11 is 0. The van der Waals surface area contributed by atoms with Crippen LogP contribution in [0.4, 0.5) is 29.2 Å². The summed E-state index contributed by atoms with van der Waals surface area (Å²) in [5.41, 5.74) is -0.713. The summed E-state index contributed by atoms with van der Waals surface area (Å²) in [6.45, 7) is 5.24. The van der Waals surface area contributed by atoms with Crippen molar-refractivity contribution in [1.29, 1.82) is 0 Å². The number of nitrogens with zero attached hydrogens (tertiary/aromatic N) is 7. The maximum Gasteiger partial charge on any atom is 0.420 e. The lowest BCUT2D eigenvalue weighted by Crippen LogP contribution is -2.44. The average molecular weight is 667 g/mol. The van der Waals surface area contributed by atoms with Crippen LogP contribution in [0.15, 0.2) is 30.6 Å². The standard InChI is InChI=1S/C30H38F4N8O3S/c1-19-36-26(28-24(30(32,33)34)16-35-29(38-28)37-20-5-13-41(14-6-20)46(2,44)45)18-42(19)27-4-3-22(15-25(27)31)39-10-7-21(8-11-39)40-12-9-23(43)17-40/h3-4,15-16,18,20-21,23,43H,5-14,17H2,1-2H3,(H,35,37,38). The van der Waals surface area contributed by atoms with E-state index in [1.165, 1.54) is 21.1 Å². The van der Waals surface area contributed by atoms with Crippen molar-refractivity contribution < 1.29 is 31.1 Å². The summed E-state index contributed by atoms with van der Waals surface area (Å²) in [4.78, 5) is 16.9. The van der Waals surface area contributed by atoms with Gasteiger partial charge < -0.3 is 19.9 Å². The van der Waals surface area contributed by atoms with E-state index in [0.717, 1.165) is 50.8 Å². The molecule has 0 spiro atoms. The molecule has 5 heterocycles. The highest BCUT2D eigenvalue weighted by Crippen LogP contribution is 2.37. The highest BCUT2D eigenvalue weighted by atomic mass is 32.2. The summed E-state index contributed by atoms with van der Waals surface area (Å²) in [7, 11) is -3.33. The van der Waals surface area contributed by atoms with E-state index >= 15 is 4.39 Å². The van der Waals surface area contributed by atoms with Crippen molar-refractivity contribution >= 4 is 21.7 Å². The van der Waals surface area contributed by atoms with Crippen molar-refractivity contribution in [2.45, 2.75) is 63.4 Å². The number of rotatable bonds is 7. The highest BCUT2D eigenvalue weighted by Gasteiger charge is 2.37. The van der Waals surface area contributed by atoms with Gasteiger partial charge in [0.1, 0.15) is 28.6 Å². The van der Waals surface area contributed by atoms with E-state index in [-0.39, 0.29) is 48.4 Å². The lowest BCUT2D eigenvalue weighted by atomic mass is 10.0. The Kier molecular flexibility index (Phi) is 8.99. The number of β-amino-alcohol motifs (C(OH)–C–C–N with tert-alkyl or cyclic N) is 1. The van der Waals surface area contributed by atoms with Crippen molar-refractivity contribution in [2.75, 3.05) is 55.7 Å². The second-order valence-electron chi connectivity index (χ2n) is 12.4. The molecule has 0 bridgehead atoms. The van der Waals surface area contributed by atoms with Gasteiger partial charge >= 0.3 is 6.18 Å². The molecule has 0 aliphatic carbocycles. The van der Waals surface area contributed by atoms with E-state index < -0.39 is 33.3 Å². The van der Waals surface area contributed by atoms with Crippen molar-refractivity contribution in [3.05, 3.63) is 47.8 Å². The van der Waals surface area contributed by atoms with Gasteiger partial charge in [-0.2, -0.15) is 13.2 Å². The van der Waals surface area contributed by atoms with Crippen LogP contribution in [0.2, 0.25) is 0 Å². The molecule has 3 aromatic rings. The summed E-state index contributed by atoms with van der Waals surface area (Å²) in [5, 5.41) is 12.9. The summed E-state index contributed by atoms with van der Waals surface area (Å²) in [6, 6.07) is 5.02. The van der Waals surface area contributed by atoms with E-state index in [4.69, 9.17) is 0 Å². The molecule has 3 saturated heterocycles. The molecule has 0 amide bonds. The number of likely N-dealkylation sites (tertiary alicyclic amines) is 1. The van der Waals surface area contributed by atoms with Gasteiger partial charge in [0.2, 0.25) is 16.0 Å². The molecular formula is C30H38F4N8O3S. The summed E-state index contributed by atoms with van der Waals surface area (Å²) in [5.74, 6) is -0.284. The second kappa shape index (κ2) is 12.7. The molecule has 1 atom stereocenters. The Morgan fingerprint density at radius 1 is 1.00 bits per heavy atom. The van der Waals surface area contributed by atoms with Gasteiger partial charge in [-0.1, -0.05) is 0 Å². The lowest BCUT2D eigenvalue weighted by molar-refractivity contribution is -0.137. The molecule has 2 aromatic heterocycles. The zero-order valence-corrected chi connectivity index (χ0v) is 26.5. The van der Waals surface area contributed by atoms with Gasteiger partial charge in [-0.15, -0.1) is 0 Å². The Labute approximate surface area is 265 Å². The zero-order chi connectivity index (χ0) is 32.8. The zero-order valence-electron chi connectivity index (χ0n) is 25.7. The molecule has 16 heteroatoms. The van der Waals surface area contributed by atoms with Gasteiger partial charge in [0, 0.05) is 69.4 Å². The molecule has 0 radical (unpaired) electrons. The molecule has 2 N–H and O–H groups in total. The number of aliphatic hydroxyl groups is 1. The Morgan fingerprint density at radius 3 is 2.33 bits per heavy atom. The van der Waals surface area contributed by atoms with E-state index in [0.29, 0.717) is 31.6 Å². The van der Waals surface area contributed by atoms with E-state index in [2.05, 4.69) is 30.1 Å². The minimum atomic E-state index is -4.76.